The van der Waals surface area contributed by atoms with Crippen molar-refractivity contribution in [1.29, 1.82) is 0 Å². The van der Waals surface area contributed by atoms with E-state index in [4.69, 9.17) is 9.47 Å². The Hall–Kier alpha value is -2.83. The third-order valence-electron chi connectivity index (χ3n) is 4.19. The maximum atomic E-state index is 11.9. The summed E-state index contributed by atoms with van der Waals surface area (Å²) in [6, 6.07) is 6.75. The van der Waals surface area contributed by atoms with Gasteiger partial charge in [-0.2, -0.15) is 0 Å². The number of esters is 1. The summed E-state index contributed by atoms with van der Waals surface area (Å²) in [5, 5.41) is 4.94. The largest absolute Gasteiger partial charge is 0.494 e. The fourth-order valence-corrected chi connectivity index (χ4v) is 2.78. The molecule has 1 atom stereocenters. The van der Waals surface area contributed by atoms with Crippen LogP contribution in [0.2, 0.25) is 0 Å². The average molecular weight is 374 g/mol. The quantitative estimate of drug-likeness (QED) is 0.565. The first kappa shape index (κ1) is 20.5. The van der Waals surface area contributed by atoms with E-state index in [1.807, 2.05) is 6.92 Å². The maximum absolute atomic E-state index is 11.9. The van der Waals surface area contributed by atoms with Gasteiger partial charge in [0.2, 0.25) is 0 Å². The highest BCUT2D eigenvalue weighted by Crippen LogP contribution is 2.17. The molecule has 7 heteroatoms. The molecule has 2 rings (SSSR count). The highest BCUT2D eigenvalue weighted by atomic mass is 16.5. The first-order valence-electron chi connectivity index (χ1n) is 9.21. The van der Waals surface area contributed by atoms with E-state index in [1.165, 1.54) is 13.0 Å². The fourth-order valence-electron chi connectivity index (χ4n) is 2.78. The normalized spacial score (nSPS) is 15.3. The number of imide groups is 1. The van der Waals surface area contributed by atoms with E-state index in [1.54, 1.807) is 30.3 Å². The van der Waals surface area contributed by atoms with E-state index < -0.39 is 24.0 Å². The number of hydrogen-bond acceptors (Lipinski definition) is 5. The van der Waals surface area contributed by atoms with Gasteiger partial charge in [-0.3, -0.25) is 10.1 Å². The Bertz CT molecular complexity index is 678. The highest BCUT2D eigenvalue weighted by Gasteiger charge is 2.22. The van der Waals surface area contributed by atoms with Crippen LogP contribution in [0.15, 0.2) is 30.3 Å². The Balaban J connectivity index is 1.76. The Morgan fingerprint density at radius 3 is 2.48 bits per heavy atom. The topological polar surface area (TPSA) is 93.7 Å². The van der Waals surface area contributed by atoms with Crippen molar-refractivity contribution in [2.45, 2.75) is 51.7 Å². The van der Waals surface area contributed by atoms with E-state index in [2.05, 4.69) is 10.6 Å². The van der Waals surface area contributed by atoms with E-state index in [-0.39, 0.29) is 6.04 Å². The Morgan fingerprint density at radius 1 is 1.19 bits per heavy atom. The molecule has 7 nitrogen and oxygen atoms in total. The third-order valence-corrected chi connectivity index (χ3v) is 4.19. The molecule has 1 fully saturated rings. The molecule has 0 heterocycles. The molecule has 0 aliphatic heterocycles. The summed E-state index contributed by atoms with van der Waals surface area (Å²) in [7, 11) is 0. The number of ether oxygens (including phenoxy) is 2. The number of hydrogen-bond donors (Lipinski definition) is 2. The van der Waals surface area contributed by atoms with Crippen molar-refractivity contribution >= 4 is 24.0 Å². The molecule has 0 saturated heterocycles. The van der Waals surface area contributed by atoms with Crippen molar-refractivity contribution in [3.63, 3.8) is 0 Å². The summed E-state index contributed by atoms with van der Waals surface area (Å²) in [6.45, 7) is 3.90. The predicted octanol–water partition coefficient (Wildman–Crippen LogP) is 2.80. The molecule has 1 aliphatic rings. The monoisotopic (exact) mass is 374 g/mol. The second kappa shape index (κ2) is 10.4. The highest BCUT2D eigenvalue weighted by molar-refractivity contribution is 5.98. The molecule has 0 spiro atoms. The lowest BCUT2D eigenvalue weighted by Crippen LogP contribution is -2.47. The smallest absolute Gasteiger partial charge is 0.331 e. The minimum absolute atomic E-state index is 0.104. The van der Waals surface area contributed by atoms with E-state index >= 15 is 0 Å². The van der Waals surface area contributed by atoms with Crippen molar-refractivity contribution in [3.05, 3.63) is 35.9 Å². The van der Waals surface area contributed by atoms with Crippen molar-refractivity contribution in [1.82, 2.24) is 10.6 Å². The van der Waals surface area contributed by atoms with Crippen molar-refractivity contribution in [2.24, 2.45) is 0 Å². The lowest BCUT2D eigenvalue weighted by molar-refractivity contribution is -0.149. The summed E-state index contributed by atoms with van der Waals surface area (Å²) in [6.07, 6.45) is 5.73. The number of urea groups is 1. The summed E-state index contributed by atoms with van der Waals surface area (Å²) >= 11 is 0. The van der Waals surface area contributed by atoms with Crippen LogP contribution in [0.1, 0.15) is 45.1 Å². The molecule has 3 amide bonds. The standard InChI is InChI=1S/C20H26N2O5/c1-3-26-17-11-8-15(9-12-17)10-13-18(23)27-14(2)19(24)22-20(25)21-16-6-4-5-7-16/h8-14,16H,3-7H2,1-2H3,(H2,21,22,24,25)/b13-10+. The molecule has 0 bridgehead atoms. The van der Waals surface area contributed by atoms with Gasteiger partial charge >= 0.3 is 12.0 Å². The molecule has 1 aromatic rings. The van der Waals surface area contributed by atoms with Crippen LogP contribution in [0, 0.1) is 0 Å². The summed E-state index contributed by atoms with van der Waals surface area (Å²) in [5.74, 6) is -0.575. The van der Waals surface area contributed by atoms with E-state index in [9.17, 15) is 14.4 Å². The van der Waals surface area contributed by atoms with Crippen LogP contribution in [0.3, 0.4) is 0 Å². The molecule has 27 heavy (non-hydrogen) atoms. The SMILES string of the molecule is CCOc1ccc(/C=C/C(=O)OC(C)C(=O)NC(=O)NC2CCCC2)cc1. The van der Waals surface area contributed by atoms with Crippen LogP contribution in [-0.2, 0) is 14.3 Å². The maximum Gasteiger partial charge on any atom is 0.331 e. The second-order valence-electron chi connectivity index (χ2n) is 6.36. The van der Waals surface area contributed by atoms with Gasteiger partial charge in [0.05, 0.1) is 6.61 Å². The van der Waals surface area contributed by atoms with Crippen molar-refractivity contribution in [3.8, 4) is 5.75 Å². The van der Waals surface area contributed by atoms with Crippen LogP contribution >= 0.6 is 0 Å². The molecule has 1 aromatic carbocycles. The van der Waals surface area contributed by atoms with E-state index in [0.717, 1.165) is 37.0 Å². The molecule has 2 N–H and O–H groups in total. The zero-order chi connectivity index (χ0) is 19.6. The number of amides is 3. The number of carbonyl (C=O) groups is 3. The van der Waals surface area contributed by atoms with Crippen molar-refractivity contribution in [2.75, 3.05) is 6.61 Å². The lowest BCUT2D eigenvalue weighted by Gasteiger charge is -2.15. The molecule has 1 unspecified atom stereocenters. The number of carbonyl (C=O) groups excluding carboxylic acids is 3. The minimum atomic E-state index is -1.07. The molecule has 0 radical (unpaired) electrons. The summed E-state index contributed by atoms with van der Waals surface area (Å²) in [4.78, 5) is 35.6. The van der Waals surface area contributed by atoms with Gasteiger partial charge in [0, 0.05) is 12.1 Å². The number of benzene rings is 1. The molecular formula is C20H26N2O5. The molecule has 1 aliphatic carbocycles. The summed E-state index contributed by atoms with van der Waals surface area (Å²) < 4.78 is 10.4. The molecule has 146 valence electrons. The Labute approximate surface area is 159 Å². The van der Waals surface area contributed by atoms with Gasteiger partial charge in [-0.25, -0.2) is 9.59 Å². The van der Waals surface area contributed by atoms with Crippen LogP contribution in [-0.4, -0.2) is 36.7 Å². The second-order valence-corrected chi connectivity index (χ2v) is 6.36. The zero-order valence-corrected chi connectivity index (χ0v) is 15.7. The lowest BCUT2D eigenvalue weighted by atomic mass is 10.2. The predicted molar refractivity (Wildman–Crippen MR) is 101 cm³/mol. The number of rotatable bonds is 7. The van der Waals surface area contributed by atoms with Crippen LogP contribution in [0.5, 0.6) is 5.75 Å². The molecular weight excluding hydrogens is 348 g/mol. The fraction of sp³-hybridized carbons (Fsp3) is 0.450. The van der Waals surface area contributed by atoms with Crippen LogP contribution in [0.25, 0.3) is 6.08 Å². The van der Waals surface area contributed by atoms with Crippen LogP contribution in [0.4, 0.5) is 4.79 Å². The Morgan fingerprint density at radius 2 is 1.85 bits per heavy atom. The molecule has 0 aromatic heterocycles. The molecule has 1 saturated carbocycles. The van der Waals surface area contributed by atoms with E-state index in [0.29, 0.717) is 6.61 Å². The first-order chi connectivity index (χ1) is 13.0. The van der Waals surface area contributed by atoms with Gasteiger partial charge in [0.15, 0.2) is 6.10 Å². The van der Waals surface area contributed by atoms with Gasteiger partial charge in [-0.05, 0) is 50.5 Å². The Kier molecular flexibility index (Phi) is 7.85. The van der Waals surface area contributed by atoms with Crippen LogP contribution < -0.4 is 15.4 Å². The van der Waals surface area contributed by atoms with Gasteiger partial charge in [0.1, 0.15) is 5.75 Å². The van der Waals surface area contributed by atoms with Gasteiger partial charge in [0.25, 0.3) is 5.91 Å². The first-order valence-corrected chi connectivity index (χ1v) is 9.21. The number of nitrogens with one attached hydrogen (secondary N) is 2. The zero-order valence-electron chi connectivity index (χ0n) is 15.7. The van der Waals surface area contributed by atoms with Gasteiger partial charge in [-0.15, -0.1) is 0 Å². The van der Waals surface area contributed by atoms with Gasteiger partial charge in [-0.1, -0.05) is 25.0 Å². The van der Waals surface area contributed by atoms with Gasteiger partial charge < -0.3 is 14.8 Å². The minimum Gasteiger partial charge on any atom is -0.494 e. The third kappa shape index (κ3) is 7.13. The van der Waals surface area contributed by atoms with Crippen molar-refractivity contribution < 1.29 is 23.9 Å². The summed E-state index contributed by atoms with van der Waals surface area (Å²) in [5.41, 5.74) is 0.795. The average Bonchev–Trinajstić information content (AvgIpc) is 3.14.